The number of carbonyl (C=O) groups is 1. The Bertz CT molecular complexity index is 149. The van der Waals surface area contributed by atoms with Crippen molar-refractivity contribution in [2.75, 3.05) is 30.9 Å². The maximum absolute atomic E-state index is 11.1. The molecule has 0 saturated carbocycles. The molecule has 0 aromatic heterocycles. The number of halogens is 1. The molecule has 5 heteroatoms. The summed E-state index contributed by atoms with van der Waals surface area (Å²) in [6.07, 6.45) is 2.29. The number of ether oxygens (including phenoxy) is 1. The van der Waals surface area contributed by atoms with Crippen LogP contribution in [0.2, 0.25) is 0 Å². The Morgan fingerprint density at radius 2 is 2.00 bits per heavy atom. The predicted octanol–water partition coefficient (Wildman–Crippen LogP) is 2.77. The van der Waals surface area contributed by atoms with Crippen molar-refractivity contribution in [3.63, 3.8) is 0 Å². The van der Waals surface area contributed by atoms with Crippen molar-refractivity contribution >= 4 is 30.0 Å². The number of carbonyl (C=O) groups excluding carboxylic acids is 1. The number of rotatable bonds is 8. The molecular formula is C9H18BrO3P. The molecule has 0 saturated heterocycles. The molecule has 0 aromatic rings. The van der Waals surface area contributed by atoms with Crippen LogP contribution in [-0.2, 0) is 14.1 Å². The van der Waals surface area contributed by atoms with Gasteiger partial charge in [0.2, 0.25) is 0 Å². The average Bonchev–Trinajstić information content (AvgIpc) is 2.15. The standard InChI is InChI=1S/C9H18BrO3P/c1-3-12-9(11)5-7-14(8-6-10)13-4-2/h3-8H2,1-2H3. The van der Waals surface area contributed by atoms with E-state index in [0.717, 1.165) is 24.3 Å². The molecule has 0 aromatic carbocycles. The van der Waals surface area contributed by atoms with E-state index in [1.165, 1.54) is 0 Å². The van der Waals surface area contributed by atoms with Crippen LogP contribution in [0.25, 0.3) is 0 Å². The van der Waals surface area contributed by atoms with Crippen LogP contribution in [0, 0.1) is 0 Å². The lowest BCUT2D eigenvalue weighted by atomic mass is 10.5. The normalized spacial score (nSPS) is 12.5. The minimum absolute atomic E-state index is 0.116. The first-order chi connectivity index (χ1) is 6.74. The monoisotopic (exact) mass is 284 g/mol. The molecule has 0 aliphatic heterocycles. The van der Waals surface area contributed by atoms with Crippen molar-refractivity contribution in [1.29, 1.82) is 0 Å². The summed E-state index contributed by atoms with van der Waals surface area (Å²) >= 11 is 3.38. The van der Waals surface area contributed by atoms with Crippen molar-refractivity contribution in [3.05, 3.63) is 0 Å². The van der Waals surface area contributed by atoms with Gasteiger partial charge in [0, 0.05) is 32.4 Å². The van der Waals surface area contributed by atoms with Gasteiger partial charge in [-0.3, -0.25) is 4.79 Å². The van der Waals surface area contributed by atoms with Crippen molar-refractivity contribution < 1.29 is 14.1 Å². The van der Waals surface area contributed by atoms with Crippen LogP contribution in [0.15, 0.2) is 0 Å². The van der Waals surface area contributed by atoms with E-state index in [4.69, 9.17) is 9.26 Å². The number of alkyl halides is 1. The highest BCUT2D eigenvalue weighted by Crippen LogP contribution is 2.37. The van der Waals surface area contributed by atoms with Crippen molar-refractivity contribution in [2.24, 2.45) is 0 Å². The Kier molecular flexibility index (Phi) is 10.1. The van der Waals surface area contributed by atoms with Crippen LogP contribution < -0.4 is 0 Å². The molecule has 1 unspecified atom stereocenters. The summed E-state index contributed by atoms with van der Waals surface area (Å²) in [5, 5.41) is 0.932. The molecule has 3 nitrogen and oxygen atoms in total. The van der Waals surface area contributed by atoms with Crippen LogP contribution in [0.5, 0.6) is 0 Å². The maximum atomic E-state index is 11.1. The largest absolute Gasteiger partial charge is 0.466 e. The van der Waals surface area contributed by atoms with Crippen LogP contribution in [-0.4, -0.2) is 36.8 Å². The zero-order valence-electron chi connectivity index (χ0n) is 8.79. The van der Waals surface area contributed by atoms with E-state index in [9.17, 15) is 4.79 Å². The summed E-state index contributed by atoms with van der Waals surface area (Å²) in [5.41, 5.74) is 0. The second-order valence-corrected chi connectivity index (χ2v) is 5.50. The second-order valence-electron chi connectivity index (χ2n) is 2.59. The van der Waals surface area contributed by atoms with E-state index in [-0.39, 0.29) is 5.97 Å². The average molecular weight is 285 g/mol. The fourth-order valence-corrected chi connectivity index (χ4v) is 3.62. The second kappa shape index (κ2) is 9.88. The Balaban J connectivity index is 3.63. The van der Waals surface area contributed by atoms with Gasteiger partial charge in [-0.15, -0.1) is 0 Å². The lowest BCUT2D eigenvalue weighted by Gasteiger charge is -2.14. The van der Waals surface area contributed by atoms with E-state index in [1.54, 1.807) is 0 Å². The molecule has 14 heavy (non-hydrogen) atoms. The minimum atomic E-state index is -0.452. The molecule has 0 aliphatic rings. The van der Waals surface area contributed by atoms with E-state index in [1.807, 2.05) is 13.8 Å². The van der Waals surface area contributed by atoms with Crippen molar-refractivity contribution in [2.45, 2.75) is 20.3 Å². The lowest BCUT2D eigenvalue weighted by molar-refractivity contribution is -0.142. The molecule has 0 rings (SSSR count). The summed E-state index contributed by atoms with van der Waals surface area (Å²) < 4.78 is 10.4. The van der Waals surface area contributed by atoms with Crippen LogP contribution in [0.3, 0.4) is 0 Å². The first-order valence-electron chi connectivity index (χ1n) is 4.84. The van der Waals surface area contributed by atoms with Crippen molar-refractivity contribution in [3.8, 4) is 0 Å². The lowest BCUT2D eigenvalue weighted by Crippen LogP contribution is -2.07. The number of esters is 1. The third-order valence-electron chi connectivity index (χ3n) is 1.52. The third kappa shape index (κ3) is 7.72. The highest BCUT2D eigenvalue weighted by atomic mass is 79.9. The van der Waals surface area contributed by atoms with Crippen LogP contribution >= 0.6 is 24.1 Å². The van der Waals surface area contributed by atoms with E-state index >= 15 is 0 Å². The Morgan fingerprint density at radius 1 is 1.29 bits per heavy atom. The van der Waals surface area contributed by atoms with Gasteiger partial charge in [0.25, 0.3) is 0 Å². The summed E-state index contributed by atoms with van der Waals surface area (Å²) in [5.74, 6) is -0.116. The fraction of sp³-hybridized carbons (Fsp3) is 0.889. The van der Waals surface area contributed by atoms with E-state index < -0.39 is 8.15 Å². The quantitative estimate of drug-likeness (QED) is 0.391. The Hall–Kier alpha value is 0.340. The van der Waals surface area contributed by atoms with Crippen LogP contribution in [0.4, 0.5) is 0 Å². The first kappa shape index (κ1) is 14.3. The highest BCUT2D eigenvalue weighted by molar-refractivity contribution is 9.09. The molecule has 0 amide bonds. The van der Waals surface area contributed by atoms with Crippen LogP contribution in [0.1, 0.15) is 20.3 Å². The molecular weight excluding hydrogens is 267 g/mol. The van der Waals surface area contributed by atoms with Gasteiger partial charge >= 0.3 is 5.97 Å². The minimum Gasteiger partial charge on any atom is -0.466 e. The molecule has 0 radical (unpaired) electrons. The van der Waals surface area contributed by atoms with Crippen molar-refractivity contribution in [1.82, 2.24) is 0 Å². The zero-order chi connectivity index (χ0) is 10.8. The molecule has 0 aliphatic carbocycles. The fourth-order valence-electron chi connectivity index (χ4n) is 0.967. The third-order valence-corrected chi connectivity index (χ3v) is 4.59. The number of hydrogen-bond donors (Lipinski definition) is 0. The van der Waals surface area contributed by atoms with Gasteiger partial charge in [0.1, 0.15) is 0 Å². The smallest absolute Gasteiger partial charge is 0.306 e. The number of hydrogen-bond acceptors (Lipinski definition) is 3. The van der Waals surface area contributed by atoms with Gasteiger partial charge in [-0.1, -0.05) is 15.9 Å². The van der Waals surface area contributed by atoms with E-state index in [0.29, 0.717) is 13.0 Å². The SMILES string of the molecule is CCOC(=O)CCP(CCBr)OCC. The maximum Gasteiger partial charge on any atom is 0.306 e. The van der Waals surface area contributed by atoms with Gasteiger partial charge in [-0.05, 0) is 13.8 Å². The molecule has 0 bridgehead atoms. The van der Waals surface area contributed by atoms with Gasteiger partial charge < -0.3 is 9.26 Å². The highest BCUT2D eigenvalue weighted by Gasteiger charge is 2.10. The summed E-state index contributed by atoms with van der Waals surface area (Å²) in [7, 11) is -0.452. The predicted molar refractivity (Wildman–Crippen MR) is 63.3 cm³/mol. The van der Waals surface area contributed by atoms with Gasteiger partial charge in [0.15, 0.2) is 0 Å². The summed E-state index contributed by atoms with van der Waals surface area (Å²) in [6.45, 7) is 4.99. The zero-order valence-corrected chi connectivity index (χ0v) is 11.3. The Morgan fingerprint density at radius 3 is 2.50 bits per heavy atom. The molecule has 0 fully saturated rings. The molecule has 0 spiro atoms. The Labute approximate surface area is 95.5 Å². The first-order valence-corrected chi connectivity index (χ1v) is 7.59. The molecule has 1 atom stereocenters. The van der Waals surface area contributed by atoms with E-state index in [2.05, 4.69) is 15.9 Å². The molecule has 0 heterocycles. The molecule has 84 valence electrons. The van der Waals surface area contributed by atoms with Gasteiger partial charge in [-0.25, -0.2) is 0 Å². The van der Waals surface area contributed by atoms with Gasteiger partial charge in [-0.2, -0.15) is 0 Å². The molecule has 0 N–H and O–H groups in total. The summed E-state index contributed by atoms with van der Waals surface area (Å²) in [6, 6.07) is 0. The van der Waals surface area contributed by atoms with Gasteiger partial charge in [0.05, 0.1) is 13.0 Å². The summed E-state index contributed by atoms with van der Waals surface area (Å²) in [4.78, 5) is 11.1. The topological polar surface area (TPSA) is 35.5 Å².